The van der Waals surface area contributed by atoms with E-state index in [1.807, 2.05) is 26.0 Å². The van der Waals surface area contributed by atoms with Crippen LogP contribution in [0.25, 0.3) is 0 Å². The van der Waals surface area contributed by atoms with Gasteiger partial charge in [0.05, 0.1) is 7.11 Å². The van der Waals surface area contributed by atoms with Crippen LogP contribution in [0.3, 0.4) is 0 Å². The highest BCUT2D eigenvalue weighted by atomic mass is 19.1. The number of aryl methyl sites for hydroxylation is 2. The fourth-order valence-corrected chi connectivity index (χ4v) is 2.03. The fraction of sp³-hybridized carbons (Fsp3) is 0.188. The zero-order chi connectivity index (χ0) is 14.0. The Balaban J connectivity index is 2.41. The molecular weight excluding hydrogens is 243 g/mol. The molecule has 0 saturated carbocycles. The Hall–Kier alpha value is -2.16. The lowest BCUT2D eigenvalue weighted by Gasteiger charge is -2.07. The van der Waals surface area contributed by atoms with E-state index < -0.39 is 5.82 Å². The normalized spacial score (nSPS) is 10.3. The molecule has 0 bridgehead atoms. The third-order valence-electron chi connectivity index (χ3n) is 3.04. The summed E-state index contributed by atoms with van der Waals surface area (Å²) in [5, 5.41) is 0. The molecule has 98 valence electrons. The average molecular weight is 258 g/mol. The Morgan fingerprint density at radius 1 is 1.11 bits per heavy atom. The van der Waals surface area contributed by atoms with Crippen molar-refractivity contribution in [2.75, 3.05) is 7.11 Å². The zero-order valence-electron chi connectivity index (χ0n) is 11.2. The van der Waals surface area contributed by atoms with Gasteiger partial charge in [0.15, 0.2) is 17.3 Å². The molecule has 0 aliphatic carbocycles. The summed E-state index contributed by atoms with van der Waals surface area (Å²) in [6.45, 7) is 3.84. The summed E-state index contributed by atoms with van der Waals surface area (Å²) in [7, 11) is 1.39. The Kier molecular flexibility index (Phi) is 3.65. The van der Waals surface area contributed by atoms with Crippen LogP contribution in [0.2, 0.25) is 0 Å². The van der Waals surface area contributed by atoms with Gasteiger partial charge in [-0.15, -0.1) is 0 Å². The molecule has 2 aromatic rings. The molecule has 0 aromatic heterocycles. The van der Waals surface area contributed by atoms with E-state index in [-0.39, 0.29) is 11.5 Å². The summed E-state index contributed by atoms with van der Waals surface area (Å²) in [4.78, 5) is 12.3. The lowest BCUT2D eigenvalue weighted by Crippen LogP contribution is -2.04. The van der Waals surface area contributed by atoms with E-state index in [2.05, 4.69) is 0 Å². The van der Waals surface area contributed by atoms with Crippen molar-refractivity contribution < 1.29 is 13.9 Å². The molecular formula is C16H15FO2. The lowest BCUT2D eigenvalue weighted by molar-refractivity contribution is 0.103. The van der Waals surface area contributed by atoms with Gasteiger partial charge in [-0.1, -0.05) is 23.8 Å². The van der Waals surface area contributed by atoms with Crippen molar-refractivity contribution in [1.29, 1.82) is 0 Å². The highest BCUT2D eigenvalue weighted by Crippen LogP contribution is 2.21. The van der Waals surface area contributed by atoms with Gasteiger partial charge < -0.3 is 4.74 Å². The van der Waals surface area contributed by atoms with Crippen LogP contribution in [-0.4, -0.2) is 12.9 Å². The molecule has 2 nitrogen and oxygen atoms in total. The van der Waals surface area contributed by atoms with E-state index in [1.165, 1.54) is 19.2 Å². The number of methoxy groups -OCH3 is 1. The minimum Gasteiger partial charge on any atom is -0.494 e. The first kappa shape index (κ1) is 13.3. The molecule has 2 rings (SSSR count). The van der Waals surface area contributed by atoms with Crippen LogP contribution >= 0.6 is 0 Å². The monoisotopic (exact) mass is 258 g/mol. The van der Waals surface area contributed by atoms with Gasteiger partial charge in [0.25, 0.3) is 0 Å². The number of hydrogen-bond acceptors (Lipinski definition) is 2. The summed E-state index contributed by atoms with van der Waals surface area (Å²) in [6, 6.07) is 9.83. The molecule has 0 heterocycles. The van der Waals surface area contributed by atoms with Crippen molar-refractivity contribution in [2.45, 2.75) is 13.8 Å². The van der Waals surface area contributed by atoms with Gasteiger partial charge in [-0.2, -0.15) is 0 Å². The quantitative estimate of drug-likeness (QED) is 0.785. The Morgan fingerprint density at radius 3 is 2.42 bits per heavy atom. The molecule has 0 amide bonds. The summed E-state index contributed by atoms with van der Waals surface area (Å²) in [5.74, 6) is -0.575. The SMILES string of the molecule is COc1ccc(C(=O)c2ccc(C)cc2C)cc1F. The maximum Gasteiger partial charge on any atom is 0.193 e. The predicted molar refractivity (Wildman–Crippen MR) is 72.3 cm³/mol. The standard InChI is InChI=1S/C16H15FO2/c1-10-4-6-13(11(2)8-10)16(18)12-5-7-15(19-3)14(17)9-12/h4-9H,1-3H3. The maximum absolute atomic E-state index is 13.6. The largest absolute Gasteiger partial charge is 0.494 e. The van der Waals surface area contributed by atoms with Crippen molar-refractivity contribution in [3.63, 3.8) is 0 Å². The first-order valence-corrected chi connectivity index (χ1v) is 5.98. The lowest BCUT2D eigenvalue weighted by atomic mass is 9.97. The molecule has 0 radical (unpaired) electrons. The van der Waals surface area contributed by atoms with Gasteiger partial charge in [0, 0.05) is 11.1 Å². The Labute approximate surface area is 111 Å². The van der Waals surface area contributed by atoms with Crippen LogP contribution in [0.15, 0.2) is 36.4 Å². The first-order valence-electron chi connectivity index (χ1n) is 5.98. The second kappa shape index (κ2) is 5.22. The number of ether oxygens (including phenoxy) is 1. The Morgan fingerprint density at radius 2 is 1.84 bits per heavy atom. The van der Waals surface area contributed by atoms with E-state index in [9.17, 15) is 9.18 Å². The maximum atomic E-state index is 13.6. The summed E-state index contributed by atoms with van der Waals surface area (Å²) < 4.78 is 18.5. The van der Waals surface area contributed by atoms with E-state index in [1.54, 1.807) is 12.1 Å². The zero-order valence-corrected chi connectivity index (χ0v) is 11.2. The van der Waals surface area contributed by atoms with Crippen LogP contribution in [-0.2, 0) is 0 Å². The van der Waals surface area contributed by atoms with Gasteiger partial charge in [-0.05, 0) is 37.6 Å². The van der Waals surface area contributed by atoms with Gasteiger partial charge >= 0.3 is 0 Å². The second-order valence-electron chi connectivity index (χ2n) is 4.50. The number of ketones is 1. The third kappa shape index (κ3) is 2.65. The van der Waals surface area contributed by atoms with Crippen molar-refractivity contribution in [2.24, 2.45) is 0 Å². The highest BCUT2D eigenvalue weighted by molar-refractivity contribution is 6.10. The minimum atomic E-state index is -0.530. The number of carbonyl (C=O) groups is 1. The molecule has 0 atom stereocenters. The molecule has 19 heavy (non-hydrogen) atoms. The molecule has 2 aromatic carbocycles. The average Bonchev–Trinajstić information content (AvgIpc) is 2.38. The third-order valence-corrected chi connectivity index (χ3v) is 3.04. The van der Waals surface area contributed by atoms with Crippen LogP contribution in [0.1, 0.15) is 27.0 Å². The van der Waals surface area contributed by atoms with Crippen LogP contribution in [0, 0.1) is 19.7 Å². The van der Waals surface area contributed by atoms with E-state index >= 15 is 0 Å². The van der Waals surface area contributed by atoms with E-state index in [0.29, 0.717) is 11.1 Å². The van der Waals surface area contributed by atoms with Crippen LogP contribution in [0.4, 0.5) is 4.39 Å². The van der Waals surface area contributed by atoms with E-state index in [0.717, 1.165) is 11.1 Å². The summed E-state index contributed by atoms with van der Waals surface area (Å²) in [5.41, 5.74) is 2.90. The number of carbonyl (C=O) groups excluding carboxylic acids is 1. The molecule has 0 fully saturated rings. The summed E-state index contributed by atoms with van der Waals surface area (Å²) >= 11 is 0. The molecule has 0 spiro atoms. The predicted octanol–water partition coefficient (Wildman–Crippen LogP) is 3.68. The van der Waals surface area contributed by atoms with Gasteiger partial charge in [0.2, 0.25) is 0 Å². The summed E-state index contributed by atoms with van der Waals surface area (Å²) in [6.07, 6.45) is 0. The van der Waals surface area contributed by atoms with Crippen molar-refractivity contribution in [3.8, 4) is 5.75 Å². The van der Waals surface area contributed by atoms with Crippen LogP contribution < -0.4 is 4.74 Å². The van der Waals surface area contributed by atoms with Gasteiger partial charge in [0.1, 0.15) is 0 Å². The topological polar surface area (TPSA) is 26.3 Å². The highest BCUT2D eigenvalue weighted by Gasteiger charge is 2.14. The number of halogens is 1. The van der Waals surface area contributed by atoms with Gasteiger partial charge in [-0.3, -0.25) is 4.79 Å². The van der Waals surface area contributed by atoms with Crippen molar-refractivity contribution in [1.82, 2.24) is 0 Å². The second-order valence-corrected chi connectivity index (χ2v) is 4.50. The van der Waals surface area contributed by atoms with Gasteiger partial charge in [-0.25, -0.2) is 4.39 Å². The number of hydrogen-bond donors (Lipinski definition) is 0. The molecule has 3 heteroatoms. The van der Waals surface area contributed by atoms with Crippen LogP contribution in [0.5, 0.6) is 5.75 Å². The van der Waals surface area contributed by atoms with E-state index in [4.69, 9.17) is 4.74 Å². The molecule has 0 unspecified atom stereocenters. The number of benzene rings is 2. The van der Waals surface area contributed by atoms with Crippen molar-refractivity contribution >= 4 is 5.78 Å². The fourth-order valence-electron chi connectivity index (χ4n) is 2.03. The minimum absolute atomic E-state index is 0.136. The molecule has 0 N–H and O–H groups in total. The first-order chi connectivity index (χ1) is 9.02. The molecule has 0 aliphatic rings. The molecule has 0 saturated heterocycles. The number of rotatable bonds is 3. The van der Waals surface area contributed by atoms with Crippen molar-refractivity contribution in [3.05, 3.63) is 64.5 Å². The smallest absolute Gasteiger partial charge is 0.193 e. The Bertz CT molecular complexity index is 633. The molecule has 0 aliphatic heterocycles.